The smallest absolute Gasteiger partial charge is 0.145 e. The third-order valence-electron chi connectivity index (χ3n) is 21.5. The molecule has 1 atom stereocenters. The maximum Gasteiger partial charge on any atom is 0.145 e. The van der Waals surface area contributed by atoms with Crippen molar-refractivity contribution in [3.8, 4) is 95.7 Å². The van der Waals surface area contributed by atoms with Gasteiger partial charge >= 0.3 is 0 Å². The Morgan fingerprint density at radius 3 is 1.46 bits per heavy atom. The van der Waals surface area contributed by atoms with Crippen molar-refractivity contribution in [2.24, 2.45) is 4.99 Å². The maximum atomic E-state index is 6.92. The van der Waals surface area contributed by atoms with Crippen LogP contribution in [0.4, 0.5) is 5.69 Å². The van der Waals surface area contributed by atoms with Crippen molar-refractivity contribution in [1.29, 1.82) is 0 Å². The van der Waals surface area contributed by atoms with Crippen molar-refractivity contribution in [1.82, 2.24) is 37.8 Å². The molecule has 6 heterocycles. The fourth-order valence-electron chi connectivity index (χ4n) is 16.5. The van der Waals surface area contributed by atoms with Gasteiger partial charge in [-0.25, -0.2) is 19.9 Å². The van der Waals surface area contributed by atoms with E-state index >= 15 is 0 Å². The Bertz CT molecular complexity index is 6530. The zero-order valence-electron chi connectivity index (χ0n) is 59.2. The predicted octanol–water partition coefficient (Wildman–Crippen LogP) is 24.3. The average Bonchev–Trinajstić information content (AvgIpc) is 1.58. The molecule has 20 rings (SSSR count). The summed E-state index contributed by atoms with van der Waals surface area (Å²) in [5.74, 6) is 4.32. The molecule has 11 heteroatoms. The standard InChI is InChI=1S/C97H70N10O/c1-2-51-98-94(102-68-23-7-3-8-24-68)78-35-19-15-31-74(78)64-39-45-88-82(58-64)83-59-65(75-32-16-20-36-79(75)95-99-52-55-103(95)69-25-9-4-10-26-69)40-46-89(83)106(88)72-43-49-92-86(62-72)87-63-73(44-50-93(87)108-92)107-90-47-41-66(76-33-17-21-37-80(76)96-100-53-56-104(96)70-27-11-5-12-28-70)60-84(90)85-61-67(42-48-91(85)107)77-34-18-22-38-81(77)97-101-54-57-105(97)71-29-13-6-14-30-71/h2-9,11-25,27-62,73H,10,26,63H2,1H3,(H,98,102)/b51-2-. The highest BCUT2D eigenvalue weighted by molar-refractivity contribution is 6.16. The molecule has 0 amide bonds. The Morgan fingerprint density at radius 2 is 0.926 bits per heavy atom. The number of aromatic nitrogens is 8. The number of hydrogen-bond acceptors (Lipinski definition) is 5. The second-order valence-corrected chi connectivity index (χ2v) is 27.7. The van der Waals surface area contributed by atoms with Crippen LogP contribution in [0.3, 0.4) is 0 Å². The molecular weight excluding hydrogens is 1320 g/mol. The van der Waals surface area contributed by atoms with Gasteiger partial charge in [0.25, 0.3) is 0 Å². The van der Waals surface area contributed by atoms with Crippen molar-refractivity contribution in [3.63, 3.8) is 0 Å². The summed E-state index contributed by atoms with van der Waals surface area (Å²) in [7, 11) is 0. The average molecular weight is 1390 g/mol. The summed E-state index contributed by atoms with van der Waals surface area (Å²) in [4.78, 5) is 20.1. The zero-order chi connectivity index (χ0) is 71.6. The van der Waals surface area contributed by atoms with Crippen LogP contribution in [-0.2, 0) is 6.42 Å². The van der Waals surface area contributed by atoms with Crippen molar-refractivity contribution < 1.29 is 4.42 Å². The van der Waals surface area contributed by atoms with Crippen LogP contribution in [0.1, 0.15) is 42.7 Å². The van der Waals surface area contributed by atoms with E-state index in [1.807, 2.05) is 68.4 Å². The third-order valence-corrected chi connectivity index (χ3v) is 21.5. The van der Waals surface area contributed by atoms with Gasteiger partial charge in [0.1, 0.15) is 34.7 Å². The second-order valence-electron chi connectivity index (χ2n) is 27.7. The molecule has 108 heavy (non-hydrogen) atoms. The molecule has 0 aliphatic heterocycles. The van der Waals surface area contributed by atoms with Gasteiger partial charge in [0, 0.05) is 144 Å². The molecule has 1 N–H and O–H groups in total. The van der Waals surface area contributed by atoms with Gasteiger partial charge in [0.2, 0.25) is 0 Å². The number of benzene rings is 12. The number of nitrogens with zero attached hydrogens (tertiary/aromatic N) is 9. The molecule has 514 valence electrons. The molecule has 6 aromatic heterocycles. The fraction of sp³-hybridized carbons (Fsp3) is 0.0515. The SMILES string of the molecule is C/C=C\N=C(Nc1ccccc1)c1ccccc1-c1ccc2c(c1)c1cc(-c3ccccc3-c3nccn3C3=CC=CCC3)ccc1n2-c1ccc2oc3c(c2c1)CC(n1c2ccc(-c4ccccc4-c4nccn4-c4ccccc4)cc2c2cc(-c4ccccc4-c4nccn4-c4ccccc4)ccc21)C=C3. The topological polar surface area (TPSA) is 101 Å². The normalized spacial score (nSPS) is 13.8. The zero-order valence-corrected chi connectivity index (χ0v) is 59.2. The lowest BCUT2D eigenvalue weighted by molar-refractivity contribution is 0.572. The van der Waals surface area contributed by atoms with Crippen molar-refractivity contribution in [2.45, 2.75) is 32.2 Å². The first-order valence-electron chi connectivity index (χ1n) is 36.9. The highest BCUT2D eigenvalue weighted by Gasteiger charge is 2.28. The van der Waals surface area contributed by atoms with Gasteiger partial charge in [0.15, 0.2) is 0 Å². The molecule has 11 nitrogen and oxygen atoms in total. The van der Waals surface area contributed by atoms with E-state index < -0.39 is 0 Å². The highest BCUT2D eigenvalue weighted by Crippen LogP contribution is 2.47. The monoisotopic (exact) mass is 1390 g/mol. The number of para-hydroxylation sites is 3. The van der Waals surface area contributed by atoms with E-state index in [2.05, 4.69) is 326 Å². The Kier molecular flexibility index (Phi) is 15.8. The number of furan rings is 1. The first-order valence-corrected chi connectivity index (χ1v) is 36.9. The molecule has 1 unspecified atom stereocenters. The number of nitrogens with one attached hydrogen (secondary N) is 1. The lowest BCUT2D eigenvalue weighted by Gasteiger charge is -2.21. The summed E-state index contributed by atoms with van der Waals surface area (Å²) in [6.45, 7) is 1.99. The van der Waals surface area contributed by atoms with Crippen LogP contribution in [0, 0.1) is 0 Å². The van der Waals surface area contributed by atoms with E-state index in [9.17, 15) is 0 Å². The van der Waals surface area contributed by atoms with Crippen LogP contribution < -0.4 is 5.32 Å². The van der Waals surface area contributed by atoms with Crippen LogP contribution in [0.15, 0.2) is 362 Å². The fourth-order valence-corrected chi connectivity index (χ4v) is 16.5. The molecule has 0 spiro atoms. The minimum absolute atomic E-state index is 0.0773. The number of rotatable bonds is 15. The number of amidine groups is 1. The van der Waals surface area contributed by atoms with Gasteiger partial charge in [-0.1, -0.05) is 200 Å². The van der Waals surface area contributed by atoms with Crippen LogP contribution in [0.25, 0.3) is 162 Å². The third kappa shape index (κ3) is 11.1. The van der Waals surface area contributed by atoms with E-state index in [-0.39, 0.29) is 6.04 Å². The number of fused-ring (bicyclic) bond motifs is 9. The number of hydrogen-bond donors (Lipinski definition) is 1. The van der Waals surface area contributed by atoms with Gasteiger partial charge in [0.05, 0.1) is 17.1 Å². The first-order chi connectivity index (χ1) is 53.5. The van der Waals surface area contributed by atoms with Gasteiger partial charge in [-0.05, 0) is 180 Å². The van der Waals surface area contributed by atoms with E-state index in [1.54, 1.807) is 0 Å². The van der Waals surface area contributed by atoms with Crippen molar-refractivity contribution in [3.05, 3.63) is 370 Å². The van der Waals surface area contributed by atoms with E-state index in [0.29, 0.717) is 6.42 Å². The van der Waals surface area contributed by atoms with Crippen LogP contribution in [0.2, 0.25) is 0 Å². The van der Waals surface area contributed by atoms with E-state index in [4.69, 9.17) is 24.4 Å². The summed E-state index contributed by atoms with van der Waals surface area (Å²) in [5.41, 5.74) is 24.7. The largest absolute Gasteiger partial charge is 0.456 e. The predicted molar refractivity (Wildman–Crippen MR) is 444 cm³/mol. The molecule has 0 fully saturated rings. The molecule has 2 aliphatic rings. The molecule has 0 saturated carbocycles. The summed E-state index contributed by atoms with van der Waals surface area (Å²) in [6.07, 6.45) is 29.5. The number of aliphatic imine (C=N–C) groups is 1. The van der Waals surface area contributed by atoms with Gasteiger partial charge in [-0.3, -0.25) is 9.13 Å². The minimum atomic E-state index is -0.0773. The van der Waals surface area contributed by atoms with Gasteiger partial charge < -0.3 is 23.4 Å². The summed E-state index contributed by atoms with van der Waals surface area (Å²) >= 11 is 0. The molecule has 2 aliphatic carbocycles. The highest BCUT2D eigenvalue weighted by atomic mass is 16.3. The van der Waals surface area contributed by atoms with Crippen LogP contribution >= 0.6 is 0 Å². The molecule has 0 saturated heterocycles. The summed E-state index contributed by atoms with van der Waals surface area (Å²) in [5, 5.41) is 9.31. The number of anilines is 1. The van der Waals surface area contributed by atoms with Gasteiger partial charge in [-0.15, -0.1) is 0 Å². The van der Waals surface area contributed by atoms with Gasteiger partial charge in [-0.2, -0.15) is 0 Å². The number of imidazole rings is 3. The lowest BCUT2D eigenvalue weighted by Crippen LogP contribution is -2.14. The Hall–Kier alpha value is -14.2. The second kappa shape index (κ2) is 26.8. The molecule has 0 bridgehead atoms. The Labute approximate surface area is 624 Å². The summed E-state index contributed by atoms with van der Waals surface area (Å²) in [6, 6.07) is 100. The first kappa shape index (κ1) is 63.5. The van der Waals surface area contributed by atoms with Crippen LogP contribution in [0.5, 0.6) is 0 Å². The van der Waals surface area contributed by atoms with E-state index in [0.717, 1.165) is 186 Å². The Balaban J connectivity index is 0.730. The van der Waals surface area contributed by atoms with Crippen molar-refractivity contribution in [2.75, 3.05) is 5.32 Å². The lowest BCUT2D eigenvalue weighted by atomic mass is 9.95. The van der Waals surface area contributed by atoms with E-state index in [1.165, 1.54) is 11.3 Å². The molecule has 0 radical (unpaired) electrons. The van der Waals surface area contributed by atoms with Crippen LogP contribution in [-0.4, -0.2) is 43.6 Å². The Morgan fingerprint density at radius 1 is 0.454 bits per heavy atom. The summed E-state index contributed by atoms with van der Waals surface area (Å²) < 4.78 is 18.5. The molecular formula is C97H70N10O. The molecule has 12 aromatic carbocycles. The maximum absolute atomic E-state index is 6.92. The minimum Gasteiger partial charge on any atom is -0.456 e. The van der Waals surface area contributed by atoms with Crippen molar-refractivity contribution >= 4 is 77.9 Å². The molecule has 18 aromatic rings. The number of allylic oxidation sites excluding steroid dienone is 6. The quantitative estimate of drug-likeness (QED) is 0.0814.